The van der Waals surface area contributed by atoms with Crippen LogP contribution < -0.4 is 5.32 Å². The predicted molar refractivity (Wildman–Crippen MR) is 123 cm³/mol. The number of amides is 2. The number of nitro groups is 1. The van der Waals surface area contributed by atoms with Gasteiger partial charge in [-0.05, 0) is 18.2 Å². The van der Waals surface area contributed by atoms with Crippen molar-refractivity contribution in [2.45, 2.75) is 0 Å². The first-order valence-electron chi connectivity index (χ1n) is 10.7. The highest BCUT2D eigenvalue weighted by molar-refractivity contribution is 6.14. The highest BCUT2D eigenvalue weighted by Crippen LogP contribution is 2.25. The molecule has 0 radical (unpaired) electrons. The molecule has 1 N–H and O–H groups in total. The largest absolute Gasteiger partial charge is 0.459 e. The van der Waals surface area contributed by atoms with Crippen molar-refractivity contribution in [2.75, 3.05) is 38.0 Å². The summed E-state index contributed by atoms with van der Waals surface area (Å²) >= 11 is 0. The van der Waals surface area contributed by atoms with E-state index in [2.05, 4.69) is 5.32 Å². The van der Waals surface area contributed by atoms with Gasteiger partial charge in [-0.2, -0.15) is 0 Å². The lowest BCUT2D eigenvalue weighted by Gasteiger charge is -2.33. The number of furan rings is 1. The molecule has 4 rings (SSSR count). The third-order valence-electron chi connectivity index (χ3n) is 5.53. The molecule has 2 heterocycles. The Morgan fingerprint density at radius 2 is 1.71 bits per heavy atom. The van der Waals surface area contributed by atoms with Gasteiger partial charge in [-0.25, -0.2) is 0 Å². The van der Waals surface area contributed by atoms with Gasteiger partial charge in [0.25, 0.3) is 11.6 Å². The minimum absolute atomic E-state index is 0.0441. The summed E-state index contributed by atoms with van der Waals surface area (Å²) in [5.74, 6) is -0.699. The molecule has 0 bridgehead atoms. The second-order valence-electron chi connectivity index (χ2n) is 7.78. The zero-order valence-electron chi connectivity index (χ0n) is 18.2. The highest BCUT2D eigenvalue weighted by Gasteiger charge is 2.25. The summed E-state index contributed by atoms with van der Waals surface area (Å²) in [4.78, 5) is 52.3. The van der Waals surface area contributed by atoms with Crippen LogP contribution in [0.15, 0.2) is 71.3 Å². The molecular formula is C24H22N4O6. The quantitative estimate of drug-likeness (QED) is 0.325. The summed E-state index contributed by atoms with van der Waals surface area (Å²) in [7, 11) is 0. The SMILES string of the molecule is O=C(CN1CCN(C(=O)c2ccco2)CC1)Nc1ccc([N+](=O)[O-])cc1C(=O)c1ccccc1. The first-order valence-corrected chi connectivity index (χ1v) is 10.7. The van der Waals surface area contributed by atoms with E-state index in [4.69, 9.17) is 4.42 Å². The van der Waals surface area contributed by atoms with Crippen molar-refractivity contribution in [3.8, 4) is 0 Å². The van der Waals surface area contributed by atoms with Gasteiger partial charge in [-0.1, -0.05) is 30.3 Å². The Morgan fingerprint density at radius 3 is 2.35 bits per heavy atom. The van der Waals surface area contributed by atoms with E-state index in [0.717, 1.165) is 0 Å². The number of carbonyl (C=O) groups excluding carboxylic acids is 3. The number of carbonyl (C=O) groups is 3. The Hall–Kier alpha value is -4.31. The molecule has 10 heteroatoms. The van der Waals surface area contributed by atoms with Crippen LogP contribution in [0, 0.1) is 10.1 Å². The van der Waals surface area contributed by atoms with Gasteiger partial charge in [-0.3, -0.25) is 29.4 Å². The van der Waals surface area contributed by atoms with Gasteiger partial charge in [0.15, 0.2) is 11.5 Å². The highest BCUT2D eigenvalue weighted by atomic mass is 16.6. The van der Waals surface area contributed by atoms with Crippen LogP contribution in [0.1, 0.15) is 26.5 Å². The first-order chi connectivity index (χ1) is 16.4. The number of piperazine rings is 1. The average Bonchev–Trinajstić information content (AvgIpc) is 3.39. The van der Waals surface area contributed by atoms with E-state index in [-0.39, 0.29) is 41.1 Å². The van der Waals surface area contributed by atoms with Crippen LogP contribution in [-0.2, 0) is 4.79 Å². The van der Waals surface area contributed by atoms with Gasteiger partial charge in [0, 0.05) is 43.9 Å². The van der Waals surface area contributed by atoms with Gasteiger partial charge in [0.1, 0.15) is 0 Å². The Labute approximate surface area is 194 Å². The fraction of sp³-hybridized carbons (Fsp3) is 0.208. The number of benzene rings is 2. The van der Waals surface area contributed by atoms with E-state index in [9.17, 15) is 24.5 Å². The maximum atomic E-state index is 13.0. The number of nitrogens with zero attached hydrogens (tertiary/aromatic N) is 3. The molecule has 1 aliphatic heterocycles. The van der Waals surface area contributed by atoms with Crippen LogP contribution >= 0.6 is 0 Å². The third-order valence-corrected chi connectivity index (χ3v) is 5.53. The number of hydrogen-bond donors (Lipinski definition) is 1. The molecule has 174 valence electrons. The Balaban J connectivity index is 1.41. The normalized spacial score (nSPS) is 13.9. The fourth-order valence-corrected chi connectivity index (χ4v) is 3.75. The molecule has 0 saturated carbocycles. The molecule has 3 aromatic rings. The molecule has 10 nitrogen and oxygen atoms in total. The van der Waals surface area contributed by atoms with Crippen LogP contribution in [0.5, 0.6) is 0 Å². The molecule has 0 atom stereocenters. The Kier molecular flexibility index (Phi) is 6.79. The monoisotopic (exact) mass is 462 g/mol. The van der Waals surface area contributed by atoms with E-state index in [0.29, 0.717) is 31.7 Å². The number of anilines is 1. The Morgan fingerprint density at radius 1 is 0.971 bits per heavy atom. The van der Waals surface area contributed by atoms with Crippen LogP contribution in [0.4, 0.5) is 11.4 Å². The number of non-ortho nitro benzene ring substituents is 1. The van der Waals surface area contributed by atoms with Gasteiger partial charge in [0.05, 0.1) is 29.0 Å². The van der Waals surface area contributed by atoms with Crippen LogP contribution in [0.25, 0.3) is 0 Å². The third kappa shape index (κ3) is 5.18. The summed E-state index contributed by atoms with van der Waals surface area (Å²) in [5, 5.41) is 13.9. The second-order valence-corrected chi connectivity index (χ2v) is 7.78. The molecule has 2 amide bonds. The molecule has 34 heavy (non-hydrogen) atoms. The molecule has 1 saturated heterocycles. The summed E-state index contributed by atoms with van der Waals surface area (Å²) in [5.41, 5.74) is 0.365. The van der Waals surface area contributed by atoms with Crippen LogP contribution in [-0.4, -0.2) is 65.0 Å². The number of hydrogen-bond acceptors (Lipinski definition) is 7. The lowest BCUT2D eigenvalue weighted by molar-refractivity contribution is -0.384. The van der Waals surface area contributed by atoms with Crippen molar-refractivity contribution < 1.29 is 23.7 Å². The molecule has 1 fully saturated rings. The number of ketones is 1. The van der Waals surface area contributed by atoms with Crippen molar-refractivity contribution in [3.63, 3.8) is 0 Å². The minimum Gasteiger partial charge on any atom is -0.459 e. The van der Waals surface area contributed by atoms with Gasteiger partial charge >= 0.3 is 0 Å². The van der Waals surface area contributed by atoms with Gasteiger partial charge < -0.3 is 14.6 Å². The summed E-state index contributed by atoms with van der Waals surface area (Å²) in [6, 6.07) is 15.4. The zero-order valence-corrected chi connectivity index (χ0v) is 18.2. The maximum Gasteiger partial charge on any atom is 0.289 e. The number of nitrogens with one attached hydrogen (secondary N) is 1. The van der Waals surface area contributed by atoms with Gasteiger partial charge in [-0.15, -0.1) is 0 Å². The number of rotatable bonds is 7. The molecule has 2 aromatic carbocycles. The smallest absolute Gasteiger partial charge is 0.289 e. The van der Waals surface area contributed by atoms with Crippen molar-refractivity contribution in [1.82, 2.24) is 9.80 Å². The van der Waals surface area contributed by atoms with Gasteiger partial charge in [0.2, 0.25) is 5.91 Å². The number of nitro benzene ring substituents is 1. The lowest BCUT2D eigenvalue weighted by atomic mass is 10.0. The van der Waals surface area contributed by atoms with E-state index >= 15 is 0 Å². The van der Waals surface area contributed by atoms with Crippen LogP contribution in [0.3, 0.4) is 0 Å². The molecule has 1 aromatic heterocycles. The molecule has 0 spiro atoms. The molecule has 0 aliphatic carbocycles. The van der Waals surface area contributed by atoms with E-state index in [1.165, 1.54) is 24.5 Å². The average molecular weight is 462 g/mol. The molecule has 1 aliphatic rings. The Bertz CT molecular complexity index is 1200. The zero-order chi connectivity index (χ0) is 24.1. The standard InChI is InChI=1S/C24H22N4O6/c29-22(16-26-10-12-27(13-11-26)24(31)21-7-4-14-34-21)25-20-9-8-18(28(32)33)15-19(20)23(30)17-5-2-1-3-6-17/h1-9,14-15H,10-13,16H2,(H,25,29). The molecular weight excluding hydrogens is 440 g/mol. The van der Waals surface area contributed by atoms with E-state index in [1.54, 1.807) is 47.4 Å². The predicted octanol–water partition coefficient (Wildman–Crippen LogP) is 2.82. The van der Waals surface area contributed by atoms with Crippen molar-refractivity contribution in [3.05, 3.63) is 93.9 Å². The van der Waals surface area contributed by atoms with Crippen molar-refractivity contribution in [1.29, 1.82) is 0 Å². The summed E-state index contributed by atoms with van der Waals surface area (Å²) < 4.78 is 5.15. The van der Waals surface area contributed by atoms with E-state index in [1.807, 2.05) is 4.90 Å². The van der Waals surface area contributed by atoms with E-state index < -0.39 is 10.7 Å². The lowest BCUT2D eigenvalue weighted by Crippen LogP contribution is -2.50. The minimum atomic E-state index is -0.586. The van der Waals surface area contributed by atoms with Crippen molar-refractivity contribution >= 4 is 29.0 Å². The molecule has 0 unspecified atom stereocenters. The fourth-order valence-electron chi connectivity index (χ4n) is 3.75. The summed E-state index contributed by atoms with van der Waals surface area (Å²) in [6.45, 7) is 1.94. The topological polar surface area (TPSA) is 126 Å². The summed E-state index contributed by atoms with van der Waals surface area (Å²) in [6.07, 6.45) is 1.45. The maximum absolute atomic E-state index is 13.0. The second kappa shape index (κ2) is 10.1. The first kappa shape index (κ1) is 22.9. The van der Waals surface area contributed by atoms with Crippen molar-refractivity contribution in [2.24, 2.45) is 0 Å². The van der Waals surface area contributed by atoms with Crippen LogP contribution in [0.2, 0.25) is 0 Å².